The zero-order valence-corrected chi connectivity index (χ0v) is 17.2. The van der Waals surface area contributed by atoms with Crippen molar-refractivity contribution >= 4 is 34.4 Å². The molecular weight excluding hydrogens is 396 g/mol. The highest BCUT2D eigenvalue weighted by atomic mass is 16.5. The topological polar surface area (TPSA) is 104 Å². The van der Waals surface area contributed by atoms with Crippen molar-refractivity contribution in [2.45, 2.75) is 25.3 Å². The molecule has 160 valence electrons. The molecule has 0 saturated carbocycles. The van der Waals surface area contributed by atoms with E-state index in [9.17, 15) is 14.4 Å². The normalized spacial score (nSPS) is 15.9. The molecule has 4 amide bonds. The van der Waals surface area contributed by atoms with Crippen molar-refractivity contribution in [2.24, 2.45) is 0 Å². The molecule has 31 heavy (non-hydrogen) atoms. The zero-order chi connectivity index (χ0) is 21.8. The number of aromatic nitrogens is 1. The lowest BCUT2D eigenvalue weighted by atomic mass is 10.1. The first-order chi connectivity index (χ1) is 15.0. The molecule has 2 heterocycles. The van der Waals surface area contributed by atoms with Crippen molar-refractivity contribution in [3.05, 3.63) is 60.3 Å². The number of urea groups is 1. The van der Waals surface area contributed by atoms with E-state index >= 15 is 0 Å². The van der Waals surface area contributed by atoms with E-state index < -0.39 is 12.1 Å². The van der Waals surface area contributed by atoms with Crippen LogP contribution in [0.5, 0.6) is 5.75 Å². The van der Waals surface area contributed by atoms with Crippen molar-refractivity contribution in [3.8, 4) is 5.75 Å². The fourth-order valence-electron chi connectivity index (χ4n) is 3.75. The molecule has 8 heteroatoms. The number of rotatable bonds is 8. The Labute approximate surface area is 179 Å². The highest BCUT2D eigenvalue weighted by molar-refractivity contribution is 6.04. The Balaban J connectivity index is 1.30. The molecule has 1 aliphatic rings. The second-order valence-corrected chi connectivity index (χ2v) is 7.42. The minimum absolute atomic E-state index is 0.115. The number of carbonyl (C=O) groups excluding carboxylic acids is 3. The molecule has 0 spiro atoms. The summed E-state index contributed by atoms with van der Waals surface area (Å²) >= 11 is 0. The van der Waals surface area contributed by atoms with E-state index in [2.05, 4.69) is 15.6 Å². The average Bonchev–Trinajstić information content (AvgIpc) is 3.31. The van der Waals surface area contributed by atoms with Gasteiger partial charge in [0.1, 0.15) is 11.8 Å². The molecule has 3 aromatic rings. The van der Waals surface area contributed by atoms with Gasteiger partial charge in [-0.2, -0.15) is 0 Å². The Bertz CT molecular complexity index is 1120. The van der Waals surface area contributed by atoms with Gasteiger partial charge in [-0.25, -0.2) is 4.79 Å². The average molecular weight is 420 g/mol. The minimum atomic E-state index is -0.688. The van der Waals surface area contributed by atoms with Gasteiger partial charge < -0.3 is 20.4 Å². The molecule has 3 N–H and O–H groups in total. The van der Waals surface area contributed by atoms with Crippen LogP contribution in [0.3, 0.4) is 0 Å². The number of para-hydroxylation sites is 1. The number of carbonyl (C=O) groups is 3. The van der Waals surface area contributed by atoms with E-state index in [1.807, 2.05) is 30.5 Å². The summed E-state index contributed by atoms with van der Waals surface area (Å²) in [5.74, 6) is 0.119. The number of benzene rings is 2. The van der Waals surface area contributed by atoms with E-state index in [4.69, 9.17) is 4.74 Å². The first-order valence-electron chi connectivity index (χ1n) is 10.2. The lowest BCUT2D eigenvalue weighted by Gasteiger charge is -2.13. The SMILES string of the molecule is COc1cccc(NC(=O)CC[C@H]2NC(=O)N(CCc3c[nH]c4ccccc34)C2=O)c1. The van der Waals surface area contributed by atoms with Gasteiger partial charge in [-0.3, -0.25) is 14.5 Å². The molecule has 1 fully saturated rings. The van der Waals surface area contributed by atoms with Crippen LogP contribution >= 0.6 is 0 Å². The largest absolute Gasteiger partial charge is 0.497 e. The maximum Gasteiger partial charge on any atom is 0.324 e. The second kappa shape index (κ2) is 8.91. The lowest BCUT2D eigenvalue weighted by molar-refractivity contribution is -0.127. The molecule has 8 nitrogen and oxygen atoms in total. The van der Waals surface area contributed by atoms with Crippen molar-refractivity contribution < 1.29 is 19.1 Å². The summed E-state index contributed by atoms with van der Waals surface area (Å²) in [5.41, 5.74) is 2.69. The maximum absolute atomic E-state index is 12.7. The molecule has 1 aliphatic heterocycles. The molecule has 0 unspecified atom stereocenters. The van der Waals surface area contributed by atoms with Crippen molar-refractivity contribution in [1.82, 2.24) is 15.2 Å². The molecule has 1 aromatic heterocycles. The number of imide groups is 1. The van der Waals surface area contributed by atoms with E-state index in [0.29, 0.717) is 24.4 Å². The molecule has 0 bridgehead atoms. The van der Waals surface area contributed by atoms with Gasteiger partial charge in [-0.1, -0.05) is 24.3 Å². The standard InChI is InChI=1S/C23H24N4O4/c1-31-17-6-4-5-16(13-17)25-21(28)10-9-20-22(29)27(23(30)26-20)12-11-15-14-24-19-8-3-2-7-18(15)19/h2-8,13-14,20,24H,9-12H2,1H3,(H,25,28)(H,26,30)/t20-/m1/s1. The summed E-state index contributed by atoms with van der Waals surface area (Å²) in [6, 6.07) is 13.8. The summed E-state index contributed by atoms with van der Waals surface area (Å²) in [6.45, 7) is 0.291. The van der Waals surface area contributed by atoms with Crippen LogP contribution in [0.15, 0.2) is 54.7 Å². The predicted molar refractivity (Wildman–Crippen MR) is 117 cm³/mol. The monoisotopic (exact) mass is 420 g/mol. The van der Waals surface area contributed by atoms with Crippen molar-refractivity contribution in [2.75, 3.05) is 19.0 Å². The Hall–Kier alpha value is -3.81. The second-order valence-electron chi connectivity index (χ2n) is 7.42. The summed E-state index contributed by atoms with van der Waals surface area (Å²) < 4.78 is 5.14. The maximum atomic E-state index is 12.7. The van der Waals surface area contributed by atoms with Crippen LogP contribution in [0.2, 0.25) is 0 Å². The molecule has 1 saturated heterocycles. The Morgan fingerprint density at radius 3 is 2.84 bits per heavy atom. The fourth-order valence-corrected chi connectivity index (χ4v) is 3.75. The molecular formula is C23H24N4O4. The number of hydrogen-bond acceptors (Lipinski definition) is 4. The third kappa shape index (κ3) is 4.53. The summed E-state index contributed by atoms with van der Waals surface area (Å²) in [7, 11) is 1.56. The van der Waals surface area contributed by atoms with Crippen LogP contribution in [-0.2, 0) is 16.0 Å². The number of methoxy groups -OCH3 is 1. The molecule has 4 rings (SSSR count). The predicted octanol–water partition coefficient (Wildman–Crippen LogP) is 3.06. The van der Waals surface area contributed by atoms with Gasteiger partial charge in [0.05, 0.1) is 7.11 Å². The number of nitrogens with one attached hydrogen (secondary N) is 3. The van der Waals surface area contributed by atoms with Crippen LogP contribution in [0.4, 0.5) is 10.5 Å². The number of ether oxygens (including phenoxy) is 1. The lowest BCUT2D eigenvalue weighted by Crippen LogP contribution is -2.33. The number of nitrogens with zero attached hydrogens (tertiary/aromatic N) is 1. The van der Waals surface area contributed by atoms with Gasteiger partial charge in [0.2, 0.25) is 5.91 Å². The van der Waals surface area contributed by atoms with Crippen LogP contribution in [-0.4, -0.2) is 47.4 Å². The Morgan fingerprint density at radius 2 is 2.00 bits per heavy atom. The third-order valence-electron chi connectivity index (χ3n) is 5.40. The number of aromatic amines is 1. The van der Waals surface area contributed by atoms with Crippen LogP contribution in [0.25, 0.3) is 10.9 Å². The van der Waals surface area contributed by atoms with Crippen LogP contribution in [0, 0.1) is 0 Å². The van der Waals surface area contributed by atoms with Crippen molar-refractivity contribution in [1.29, 1.82) is 0 Å². The number of fused-ring (bicyclic) bond motifs is 1. The number of amides is 4. The molecule has 0 radical (unpaired) electrons. The van der Waals surface area contributed by atoms with Crippen molar-refractivity contribution in [3.63, 3.8) is 0 Å². The van der Waals surface area contributed by atoms with E-state index in [1.165, 1.54) is 4.90 Å². The van der Waals surface area contributed by atoms with Gasteiger partial charge in [0, 0.05) is 41.8 Å². The smallest absolute Gasteiger partial charge is 0.324 e. The quantitative estimate of drug-likeness (QED) is 0.487. The summed E-state index contributed by atoms with van der Waals surface area (Å²) in [5, 5.41) is 6.55. The van der Waals surface area contributed by atoms with Crippen LogP contribution < -0.4 is 15.4 Å². The Kier molecular flexibility index (Phi) is 5.88. The van der Waals surface area contributed by atoms with Crippen LogP contribution in [0.1, 0.15) is 18.4 Å². The Morgan fingerprint density at radius 1 is 1.16 bits per heavy atom. The first kappa shape index (κ1) is 20.5. The van der Waals surface area contributed by atoms with Gasteiger partial charge in [-0.15, -0.1) is 0 Å². The number of hydrogen-bond donors (Lipinski definition) is 3. The molecule has 0 aliphatic carbocycles. The van der Waals surface area contributed by atoms with Gasteiger partial charge in [0.25, 0.3) is 5.91 Å². The number of anilines is 1. The molecule has 2 aromatic carbocycles. The van der Waals surface area contributed by atoms with E-state index in [-0.39, 0.29) is 24.7 Å². The van der Waals surface area contributed by atoms with E-state index in [1.54, 1.807) is 31.4 Å². The number of H-pyrrole nitrogens is 1. The van der Waals surface area contributed by atoms with Gasteiger partial charge in [0.15, 0.2) is 0 Å². The highest BCUT2D eigenvalue weighted by Crippen LogP contribution is 2.20. The first-order valence-corrected chi connectivity index (χ1v) is 10.2. The third-order valence-corrected chi connectivity index (χ3v) is 5.40. The fraction of sp³-hybridized carbons (Fsp3) is 0.261. The summed E-state index contributed by atoms with van der Waals surface area (Å²) in [6.07, 6.45) is 2.82. The van der Waals surface area contributed by atoms with Gasteiger partial charge >= 0.3 is 6.03 Å². The highest BCUT2D eigenvalue weighted by Gasteiger charge is 2.37. The minimum Gasteiger partial charge on any atom is -0.497 e. The zero-order valence-electron chi connectivity index (χ0n) is 17.2. The molecule has 1 atom stereocenters. The summed E-state index contributed by atoms with van der Waals surface area (Å²) in [4.78, 5) is 41.7. The van der Waals surface area contributed by atoms with E-state index in [0.717, 1.165) is 16.5 Å². The van der Waals surface area contributed by atoms with Gasteiger partial charge in [-0.05, 0) is 36.6 Å².